The van der Waals surface area contributed by atoms with Crippen LogP contribution in [-0.4, -0.2) is 39.9 Å². The number of non-ortho nitro benzene ring substituents is 1. The molecule has 1 saturated heterocycles. The van der Waals surface area contributed by atoms with E-state index < -0.39 is 22.2 Å². The van der Waals surface area contributed by atoms with Crippen molar-refractivity contribution in [2.45, 2.75) is 13.3 Å². The Kier molecular flexibility index (Phi) is 3.87. The van der Waals surface area contributed by atoms with Crippen molar-refractivity contribution >= 4 is 29.2 Å². The molecule has 2 rings (SSSR count). The van der Waals surface area contributed by atoms with Crippen LogP contribution in [0.3, 0.4) is 0 Å². The normalized spacial score (nSPS) is 21.3. The van der Waals surface area contributed by atoms with Crippen molar-refractivity contribution in [3.8, 4) is 0 Å². The highest BCUT2D eigenvalue weighted by Gasteiger charge is 2.42. The number of benzene rings is 1. The van der Waals surface area contributed by atoms with E-state index >= 15 is 0 Å². The minimum Gasteiger partial charge on any atom is -0.481 e. The summed E-state index contributed by atoms with van der Waals surface area (Å²) in [6, 6.07) is 3.64. The summed E-state index contributed by atoms with van der Waals surface area (Å²) in [6.45, 7) is 1.94. The Morgan fingerprint density at radius 3 is 2.62 bits per heavy atom. The van der Waals surface area contributed by atoms with Crippen LogP contribution in [0, 0.1) is 15.5 Å². The van der Waals surface area contributed by atoms with Crippen molar-refractivity contribution in [2.24, 2.45) is 5.41 Å². The fraction of sp³-hybridized carbons (Fsp3) is 0.385. The van der Waals surface area contributed by atoms with E-state index in [1.165, 1.54) is 11.0 Å². The number of nitrogens with zero attached hydrogens (tertiary/aromatic N) is 2. The van der Waals surface area contributed by atoms with E-state index in [0.29, 0.717) is 13.0 Å². The number of likely N-dealkylation sites (tertiary alicyclic amines) is 1. The number of hydrogen-bond acceptors (Lipinski definition) is 4. The molecule has 0 aliphatic carbocycles. The topological polar surface area (TPSA) is 101 Å². The summed E-state index contributed by atoms with van der Waals surface area (Å²) >= 11 is 5.78. The average molecular weight is 313 g/mol. The monoisotopic (exact) mass is 312 g/mol. The fourth-order valence-corrected chi connectivity index (χ4v) is 2.52. The van der Waals surface area contributed by atoms with Crippen molar-refractivity contribution < 1.29 is 19.6 Å². The molecule has 0 bridgehead atoms. The molecule has 1 aliphatic rings. The minimum absolute atomic E-state index is 0.0709. The third kappa shape index (κ3) is 2.97. The summed E-state index contributed by atoms with van der Waals surface area (Å²) in [7, 11) is 0. The number of rotatable bonds is 3. The largest absolute Gasteiger partial charge is 0.481 e. The Bertz CT molecular complexity index is 633. The molecule has 112 valence electrons. The number of carbonyl (C=O) groups is 2. The molecule has 1 heterocycles. The van der Waals surface area contributed by atoms with Crippen LogP contribution in [0.2, 0.25) is 5.02 Å². The third-order valence-corrected chi connectivity index (χ3v) is 3.84. The molecule has 1 aromatic rings. The number of carbonyl (C=O) groups excluding carboxylic acids is 1. The van der Waals surface area contributed by atoms with Crippen molar-refractivity contribution in [2.75, 3.05) is 13.1 Å². The molecule has 1 unspecified atom stereocenters. The van der Waals surface area contributed by atoms with Crippen molar-refractivity contribution in [3.63, 3.8) is 0 Å². The number of carboxylic acid groups (broad SMARTS) is 1. The first-order chi connectivity index (χ1) is 9.73. The Balaban J connectivity index is 2.26. The molecule has 1 amide bonds. The van der Waals surface area contributed by atoms with E-state index in [1.54, 1.807) is 6.92 Å². The van der Waals surface area contributed by atoms with Crippen LogP contribution >= 0.6 is 11.6 Å². The molecule has 1 atom stereocenters. The summed E-state index contributed by atoms with van der Waals surface area (Å²) < 4.78 is 0. The second-order valence-electron chi connectivity index (χ2n) is 5.30. The number of nitro benzene ring substituents is 1. The summed E-state index contributed by atoms with van der Waals surface area (Å²) in [5.74, 6) is -1.42. The highest BCUT2D eigenvalue weighted by Crippen LogP contribution is 2.31. The first-order valence-electron chi connectivity index (χ1n) is 6.20. The van der Waals surface area contributed by atoms with Gasteiger partial charge in [0.2, 0.25) is 0 Å². The lowest BCUT2D eigenvalue weighted by molar-refractivity contribution is -0.384. The SMILES string of the molecule is CC1(C(=O)O)CCN(C(=O)c2cc(Cl)cc([N+](=O)[O-])c2)C1. The molecular formula is C13H13ClN2O5. The van der Waals surface area contributed by atoms with Gasteiger partial charge in [-0.2, -0.15) is 0 Å². The van der Waals surface area contributed by atoms with E-state index in [1.807, 2.05) is 0 Å². The van der Waals surface area contributed by atoms with Crippen molar-refractivity contribution in [1.29, 1.82) is 0 Å². The van der Waals surface area contributed by atoms with Gasteiger partial charge in [0.15, 0.2) is 0 Å². The minimum atomic E-state index is -0.986. The highest BCUT2D eigenvalue weighted by molar-refractivity contribution is 6.31. The van der Waals surface area contributed by atoms with E-state index in [9.17, 15) is 19.7 Å². The number of aliphatic carboxylic acids is 1. The summed E-state index contributed by atoms with van der Waals surface area (Å²) in [5.41, 5.74) is -1.17. The van der Waals surface area contributed by atoms with Gasteiger partial charge in [-0.1, -0.05) is 11.6 Å². The second-order valence-corrected chi connectivity index (χ2v) is 5.73. The zero-order valence-corrected chi connectivity index (χ0v) is 12.0. The van der Waals surface area contributed by atoms with Gasteiger partial charge in [0.1, 0.15) is 0 Å². The van der Waals surface area contributed by atoms with Crippen molar-refractivity contribution in [1.82, 2.24) is 4.90 Å². The van der Waals surface area contributed by atoms with E-state index in [0.717, 1.165) is 12.1 Å². The summed E-state index contributed by atoms with van der Waals surface area (Å²) in [5, 5.41) is 20.0. The lowest BCUT2D eigenvalue weighted by Crippen LogP contribution is -2.34. The van der Waals surface area contributed by atoms with Crippen LogP contribution in [0.25, 0.3) is 0 Å². The first-order valence-corrected chi connectivity index (χ1v) is 6.58. The molecular weight excluding hydrogens is 300 g/mol. The molecule has 0 spiro atoms. The quantitative estimate of drug-likeness (QED) is 0.681. The lowest BCUT2D eigenvalue weighted by Gasteiger charge is -2.20. The zero-order chi connectivity index (χ0) is 15.8. The Morgan fingerprint density at radius 2 is 2.10 bits per heavy atom. The number of halogens is 1. The predicted molar refractivity (Wildman–Crippen MR) is 74.4 cm³/mol. The van der Waals surface area contributed by atoms with Crippen LogP contribution in [0.15, 0.2) is 18.2 Å². The smallest absolute Gasteiger partial charge is 0.311 e. The van der Waals surface area contributed by atoms with Gasteiger partial charge in [-0.3, -0.25) is 19.7 Å². The number of carboxylic acids is 1. The predicted octanol–water partition coefficient (Wildman–Crippen LogP) is 2.19. The van der Waals surface area contributed by atoms with Crippen LogP contribution < -0.4 is 0 Å². The van der Waals surface area contributed by atoms with Crippen molar-refractivity contribution in [3.05, 3.63) is 38.9 Å². The fourth-order valence-electron chi connectivity index (χ4n) is 2.29. The maximum Gasteiger partial charge on any atom is 0.311 e. The highest BCUT2D eigenvalue weighted by atomic mass is 35.5. The molecule has 0 saturated carbocycles. The number of hydrogen-bond donors (Lipinski definition) is 1. The van der Waals surface area contributed by atoms with Crippen LogP contribution in [0.5, 0.6) is 0 Å². The standard InChI is InChI=1S/C13H13ClN2O5/c1-13(12(18)19)2-3-15(7-13)11(17)8-4-9(14)6-10(5-8)16(20)21/h4-6H,2-3,7H2,1H3,(H,18,19). The molecule has 7 nitrogen and oxygen atoms in total. The van der Waals surface area contributed by atoms with Gasteiger partial charge in [0.05, 0.1) is 10.3 Å². The van der Waals surface area contributed by atoms with Gasteiger partial charge in [0, 0.05) is 35.8 Å². The van der Waals surface area contributed by atoms with Crippen LogP contribution in [-0.2, 0) is 4.79 Å². The lowest BCUT2D eigenvalue weighted by atomic mass is 9.90. The molecule has 0 radical (unpaired) electrons. The number of nitro groups is 1. The molecule has 1 N–H and O–H groups in total. The van der Waals surface area contributed by atoms with Gasteiger partial charge >= 0.3 is 5.97 Å². The van der Waals surface area contributed by atoms with Crippen LogP contribution in [0.4, 0.5) is 5.69 Å². The molecule has 0 aromatic heterocycles. The molecule has 1 aromatic carbocycles. The van der Waals surface area contributed by atoms with Gasteiger partial charge < -0.3 is 10.0 Å². The van der Waals surface area contributed by atoms with Gasteiger partial charge in [0.25, 0.3) is 11.6 Å². The van der Waals surface area contributed by atoms with E-state index in [-0.39, 0.29) is 22.8 Å². The van der Waals surface area contributed by atoms with E-state index in [2.05, 4.69) is 0 Å². The summed E-state index contributed by atoms with van der Waals surface area (Å²) in [6.07, 6.45) is 0.344. The maximum absolute atomic E-state index is 12.3. The summed E-state index contributed by atoms with van der Waals surface area (Å²) in [4.78, 5) is 35.0. The zero-order valence-electron chi connectivity index (χ0n) is 11.2. The number of amides is 1. The maximum atomic E-state index is 12.3. The van der Waals surface area contributed by atoms with Crippen LogP contribution in [0.1, 0.15) is 23.7 Å². The van der Waals surface area contributed by atoms with Gasteiger partial charge in [-0.25, -0.2) is 0 Å². The molecule has 21 heavy (non-hydrogen) atoms. The van der Waals surface area contributed by atoms with Gasteiger partial charge in [-0.05, 0) is 19.4 Å². The second kappa shape index (κ2) is 5.33. The Labute approximate surface area is 125 Å². The Hall–Kier alpha value is -2.15. The van der Waals surface area contributed by atoms with Gasteiger partial charge in [-0.15, -0.1) is 0 Å². The third-order valence-electron chi connectivity index (χ3n) is 3.62. The Morgan fingerprint density at radius 1 is 1.43 bits per heavy atom. The van der Waals surface area contributed by atoms with E-state index in [4.69, 9.17) is 16.7 Å². The molecule has 1 aliphatic heterocycles. The molecule has 1 fully saturated rings. The first kappa shape index (κ1) is 15.2. The molecule has 8 heteroatoms. The average Bonchev–Trinajstić information content (AvgIpc) is 2.81.